The molecule has 32 heavy (non-hydrogen) atoms. The summed E-state index contributed by atoms with van der Waals surface area (Å²) in [6.45, 7) is 4.15. The molecule has 2 aromatic rings. The Hall–Kier alpha value is -2.39. The summed E-state index contributed by atoms with van der Waals surface area (Å²) < 4.78 is 64.6. The summed E-state index contributed by atoms with van der Waals surface area (Å²) in [5.41, 5.74) is 0.857. The molecule has 11 heteroatoms. The molecule has 2 atom stereocenters. The number of amides is 1. The maximum atomic E-state index is 13.8. The zero-order chi connectivity index (χ0) is 23.5. The summed E-state index contributed by atoms with van der Waals surface area (Å²) >= 11 is 0. The quantitative estimate of drug-likeness (QED) is 0.364. The minimum atomic E-state index is -4.43. The van der Waals surface area contributed by atoms with Crippen LogP contribution in [-0.2, 0) is 20.1 Å². The van der Waals surface area contributed by atoms with Gasteiger partial charge in [0, 0.05) is 6.54 Å². The lowest BCUT2D eigenvalue weighted by Crippen LogP contribution is -2.50. The van der Waals surface area contributed by atoms with Crippen molar-refractivity contribution >= 4 is 18.7 Å². The van der Waals surface area contributed by atoms with E-state index in [1.54, 1.807) is 19.3 Å². The van der Waals surface area contributed by atoms with Crippen LogP contribution in [0, 0.1) is 5.92 Å². The first-order valence-corrected chi connectivity index (χ1v) is 11.6. The maximum absolute atomic E-state index is 13.8. The van der Waals surface area contributed by atoms with E-state index in [0.29, 0.717) is 24.0 Å². The molecular weight excluding hydrogens is 448 g/mol. The molecule has 0 radical (unpaired) electrons. The molecule has 1 aliphatic heterocycles. The monoisotopic (exact) mass is 472 g/mol. The first-order valence-electron chi connectivity index (χ1n) is 9.97. The van der Waals surface area contributed by atoms with Crippen LogP contribution < -0.4 is 15.5 Å². The first-order chi connectivity index (χ1) is 15.1. The van der Waals surface area contributed by atoms with Crippen LogP contribution in [0.25, 0.3) is 0 Å². The molecule has 174 valence electrons. The fourth-order valence-corrected chi connectivity index (χ4v) is 6.15. The number of ether oxygens (including phenoxy) is 1. The SMILES string of the molecule is CC(C)[C@H](C(=O)NO)N1CCCOP1(=O)c1ccc(Oc2ccc(C(F)(F)F)cc2)cc1. The topological polar surface area (TPSA) is 88.1 Å². The Kier molecular flexibility index (Phi) is 7.29. The molecule has 7 nitrogen and oxygen atoms in total. The van der Waals surface area contributed by atoms with Gasteiger partial charge in [0.15, 0.2) is 0 Å². The van der Waals surface area contributed by atoms with Gasteiger partial charge in [-0.1, -0.05) is 13.8 Å². The maximum Gasteiger partial charge on any atom is 0.416 e. The van der Waals surface area contributed by atoms with Crippen molar-refractivity contribution in [2.24, 2.45) is 5.92 Å². The Morgan fingerprint density at radius 2 is 1.69 bits per heavy atom. The second-order valence-electron chi connectivity index (χ2n) is 7.65. The van der Waals surface area contributed by atoms with Crippen LogP contribution in [0.4, 0.5) is 13.2 Å². The fraction of sp³-hybridized carbons (Fsp3) is 0.381. The third-order valence-corrected chi connectivity index (χ3v) is 7.66. The van der Waals surface area contributed by atoms with E-state index < -0.39 is 31.2 Å². The van der Waals surface area contributed by atoms with E-state index in [9.17, 15) is 22.5 Å². The van der Waals surface area contributed by atoms with Crippen LogP contribution >= 0.6 is 7.52 Å². The molecule has 0 saturated carbocycles. The summed E-state index contributed by atoms with van der Waals surface area (Å²) in [5, 5.41) is 9.47. The summed E-state index contributed by atoms with van der Waals surface area (Å²) in [6.07, 6.45) is -3.86. The van der Waals surface area contributed by atoms with E-state index in [-0.39, 0.29) is 18.3 Å². The fourth-order valence-electron chi connectivity index (χ4n) is 3.55. The Labute approximate surface area is 183 Å². The molecule has 1 fully saturated rings. The Bertz CT molecular complexity index is 980. The second kappa shape index (κ2) is 9.62. The highest BCUT2D eigenvalue weighted by molar-refractivity contribution is 7.64. The van der Waals surface area contributed by atoms with Gasteiger partial charge in [-0.3, -0.25) is 14.6 Å². The third kappa shape index (κ3) is 5.15. The van der Waals surface area contributed by atoms with Gasteiger partial charge >= 0.3 is 13.7 Å². The third-order valence-electron chi connectivity index (χ3n) is 5.05. The normalized spacial score (nSPS) is 20.7. The number of hydroxylamine groups is 1. The zero-order valence-electron chi connectivity index (χ0n) is 17.5. The Morgan fingerprint density at radius 3 is 2.19 bits per heavy atom. The lowest BCUT2D eigenvalue weighted by molar-refractivity contribution is -0.137. The van der Waals surface area contributed by atoms with Gasteiger partial charge in [0.25, 0.3) is 5.91 Å². The van der Waals surface area contributed by atoms with Crippen LogP contribution in [0.3, 0.4) is 0 Å². The molecule has 3 rings (SSSR count). The number of carbonyl (C=O) groups is 1. The van der Waals surface area contributed by atoms with E-state index >= 15 is 0 Å². The van der Waals surface area contributed by atoms with Crippen molar-refractivity contribution in [2.75, 3.05) is 13.2 Å². The van der Waals surface area contributed by atoms with Crippen molar-refractivity contribution in [1.82, 2.24) is 10.2 Å². The Morgan fingerprint density at radius 1 is 1.12 bits per heavy atom. The van der Waals surface area contributed by atoms with E-state index in [1.165, 1.54) is 41.1 Å². The molecule has 1 unspecified atom stereocenters. The molecule has 0 aromatic heterocycles. The number of nitrogens with one attached hydrogen (secondary N) is 1. The largest absolute Gasteiger partial charge is 0.457 e. The lowest BCUT2D eigenvalue weighted by Gasteiger charge is -2.40. The van der Waals surface area contributed by atoms with Crippen LogP contribution in [0.5, 0.6) is 11.5 Å². The number of nitrogens with zero attached hydrogens (tertiary/aromatic N) is 1. The predicted octanol–water partition coefficient (Wildman–Crippen LogP) is 4.57. The van der Waals surface area contributed by atoms with E-state index in [2.05, 4.69) is 0 Å². The van der Waals surface area contributed by atoms with Gasteiger partial charge in [-0.15, -0.1) is 0 Å². The molecule has 1 heterocycles. The number of benzene rings is 2. The molecule has 0 spiro atoms. The summed E-state index contributed by atoms with van der Waals surface area (Å²) in [7, 11) is -3.60. The van der Waals surface area contributed by atoms with Gasteiger partial charge in [0.05, 0.1) is 17.5 Å². The van der Waals surface area contributed by atoms with Crippen molar-refractivity contribution in [3.05, 3.63) is 54.1 Å². The van der Waals surface area contributed by atoms with Crippen LogP contribution in [0.2, 0.25) is 0 Å². The number of hydrogen-bond acceptors (Lipinski definition) is 5. The summed E-state index contributed by atoms with van der Waals surface area (Å²) in [4.78, 5) is 12.2. The summed E-state index contributed by atoms with van der Waals surface area (Å²) in [5.74, 6) is -0.378. The summed E-state index contributed by atoms with van der Waals surface area (Å²) in [6, 6.07) is 9.53. The van der Waals surface area contributed by atoms with Gasteiger partial charge in [-0.05, 0) is 60.9 Å². The standard InChI is InChI=1S/C21H24F3N2O5P/c1-14(2)19(20(27)25-28)26-12-3-13-30-32(26,29)18-10-8-17(9-11-18)31-16-6-4-15(5-7-16)21(22,23)24/h4-11,14,19,28H,3,12-13H2,1-2H3,(H,25,27)/t19-,32?/m1/s1. The van der Waals surface area contributed by atoms with Gasteiger partial charge in [0.2, 0.25) is 0 Å². The van der Waals surface area contributed by atoms with Crippen LogP contribution in [-0.4, -0.2) is 35.0 Å². The van der Waals surface area contributed by atoms with Crippen molar-refractivity contribution in [3.63, 3.8) is 0 Å². The molecule has 1 amide bonds. The number of halogens is 3. The molecule has 0 bridgehead atoms. The number of carbonyl (C=O) groups excluding carboxylic acids is 1. The highest BCUT2D eigenvalue weighted by atomic mass is 31.2. The average molecular weight is 472 g/mol. The highest BCUT2D eigenvalue weighted by Crippen LogP contribution is 2.54. The van der Waals surface area contributed by atoms with Gasteiger partial charge in [-0.25, -0.2) is 10.2 Å². The predicted molar refractivity (Wildman–Crippen MR) is 111 cm³/mol. The van der Waals surface area contributed by atoms with Gasteiger partial charge in [0.1, 0.15) is 17.5 Å². The van der Waals surface area contributed by atoms with Crippen molar-refractivity contribution in [2.45, 2.75) is 32.5 Å². The first kappa shape index (κ1) is 24.3. The minimum absolute atomic E-state index is 0.215. The van der Waals surface area contributed by atoms with Crippen molar-refractivity contribution < 1.29 is 37.0 Å². The number of hydrogen-bond donors (Lipinski definition) is 2. The van der Waals surface area contributed by atoms with Gasteiger partial charge < -0.3 is 9.26 Å². The number of alkyl halides is 3. The molecule has 2 N–H and O–H groups in total. The molecule has 2 aromatic carbocycles. The van der Waals surface area contributed by atoms with Crippen molar-refractivity contribution in [3.8, 4) is 11.5 Å². The Balaban J connectivity index is 1.82. The number of rotatable bonds is 6. The molecule has 1 saturated heterocycles. The van der Waals surface area contributed by atoms with E-state index in [1.807, 2.05) is 0 Å². The van der Waals surface area contributed by atoms with Gasteiger partial charge in [-0.2, -0.15) is 13.2 Å². The lowest BCUT2D eigenvalue weighted by atomic mass is 10.0. The van der Waals surface area contributed by atoms with E-state index in [0.717, 1.165) is 12.1 Å². The highest BCUT2D eigenvalue weighted by Gasteiger charge is 2.44. The van der Waals surface area contributed by atoms with E-state index in [4.69, 9.17) is 14.5 Å². The molecule has 1 aliphatic rings. The minimum Gasteiger partial charge on any atom is -0.457 e. The van der Waals surface area contributed by atoms with Crippen molar-refractivity contribution in [1.29, 1.82) is 0 Å². The van der Waals surface area contributed by atoms with Crippen LogP contribution in [0.15, 0.2) is 48.5 Å². The molecular formula is C21H24F3N2O5P. The smallest absolute Gasteiger partial charge is 0.416 e. The second-order valence-corrected chi connectivity index (χ2v) is 9.98. The molecule has 0 aliphatic carbocycles. The van der Waals surface area contributed by atoms with Crippen LogP contribution in [0.1, 0.15) is 25.8 Å². The zero-order valence-corrected chi connectivity index (χ0v) is 18.4. The average Bonchev–Trinajstić information content (AvgIpc) is 2.75.